The maximum absolute atomic E-state index is 13.6. The highest BCUT2D eigenvalue weighted by Gasteiger charge is 2.36. The van der Waals surface area contributed by atoms with Crippen LogP contribution >= 0.6 is 11.6 Å². The number of nitrogens with zero attached hydrogens (tertiary/aromatic N) is 3. The van der Waals surface area contributed by atoms with Gasteiger partial charge >= 0.3 is 11.9 Å². The van der Waals surface area contributed by atoms with Crippen LogP contribution in [0.15, 0.2) is 50.0 Å². The molecule has 1 N–H and O–H groups in total. The second-order valence-electron chi connectivity index (χ2n) is 10.7. The largest absolute Gasteiger partial charge is 0.519 e. The SMILES string of the molecule is COc1cc(CCC(C)(Cl)N2Cc3cccc(C(=O)N4CCN(C(=O)OCc5oc(=O)oc5C)CC4)c3C2)ccc1O. The Morgan fingerprint density at radius 3 is 2.50 bits per heavy atom. The van der Waals surface area contributed by atoms with Gasteiger partial charge in [-0.25, -0.2) is 9.59 Å². The molecule has 11 nitrogen and oxygen atoms in total. The van der Waals surface area contributed by atoms with Crippen LogP contribution in [0.3, 0.4) is 0 Å². The maximum Gasteiger partial charge on any atom is 0.519 e. The van der Waals surface area contributed by atoms with Gasteiger partial charge in [-0.1, -0.05) is 18.2 Å². The van der Waals surface area contributed by atoms with Gasteiger partial charge in [0.05, 0.1) is 12.1 Å². The average molecular weight is 600 g/mol. The van der Waals surface area contributed by atoms with Crippen molar-refractivity contribution >= 4 is 23.6 Å². The smallest absolute Gasteiger partial charge is 0.504 e. The Morgan fingerprint density at radius 1 is 1.07 bits per heavy atom. The van der Waals surface area contributed by atoms with E-state index in [9.17, 15) is 19.5 Å². The normalized spacial score (nSPS) is 16.7. The molecule has 0 radical (unpaired) electrons. The topological polar surface area (TPSA) is 126 Å². The van der Waals surface area contributed by atoms with E-state index in [1.165, 1.54) is 12.0 Å². The van der Waals surface area contributed by atoms with Crippen LogP contribution in [0.4, 0.5) is 4.79 Å². The molecule has 42 heavy (non-hydrogen) atoms. The number of benzene rings is 2. The molecule has 3 heterocycles. The van der Waals surface area contributed by atoms with Crippen LogP contribution in [0.2, 0.25) is 0 Å². The predicted octanol–water partition coefficient (Wildman–Crippen LogP) is 4.25. The van der Waals surface area contributed by atoms with E-state index in [-0.39, 0.29) is 29.8 Å². The van der Waals surface area contributed by atoms with Crippen LogP contribution < -0.4 is 10.6 Å². The molecule has 3 aromatic rings. The summed E-state index contributed by atoms with van der Waals surface area (Å²) in [6, 6.07) is 11.1. The number of hydrogen-bond acceptors (Lipinski definition) is 9. The van der Waals surface area contributed by atoms with E-state index in [1.54, 1.807) is 17.9 Å². The number of aromatic hydroxyl groups is 1. The fraction of sp³-hybridized carbons (Fsp3) is 0.433. The van der Waals surface area contributed by atoms with E-state index >= 15 is 0 Å². The Morgan fingerprint density at radius 2 is 1.81 bits per heavy atom. The number of rotatable bonds is 8. The Bertz CT molecular complexity index is 1520. The first-order valence-corrected chi connectivity index (χ1v) is 14.1. The molecule has 224 valence electrons. The van der Waals surface area contributed by atoms with Crippen LogP contribution in [0.5, 0.6) is 11.5 Å². The summed E-state index contributed by atoms with van der Waals surface area (Å²) < 4.78 is 20.1. The summed E-state index contributed by atoms with van der Waals surface area (Å²) in [5.74, 6) is 0.0434. The van der Waals surface area contributed by atoms with Gasteiger partial charge in [0.1, 0.15) is 0 Å². The summed E-state index contributed by atoms with van der Waals surface area (Å²) in [7, 11) is 1.52. The lowest BCUT2D eigenvalue weighted by Gasteiger charge is -2.34. The molecule has 0 spiro atoms. The summed E-state index contributed by atoms with van der Waals surface area (Å²) >= 11 is 7.06. The lowest BCUT2D eigenvalue weighted by atomic mass is 10.0. The Labute approximate surface area is 248 Å². The number of ether oxygens (including phenoxy) is 2. The first-order valence-electron chi connectivity index (χ1n) is 13.8. The van der Waals surface area contributed by atoms with Crippen molar-refractivity contribution in [1.29, 1.82) is 0 Å². The molecule has 1 saturated heterocycles. The van der Waals surface area contributed by atoms with Gasteiger partial charge in [-0.15, -0.1) is 11.6 Å². The van der Waals surface area contributed by atoms with Crippen molar-refractivity contribution in [2.24, 2.45) is 0 Å². The van der Waals surface area contributed by atoms with Gasteiger partial charge < -0.3 is 33.2 Å². The average Bonchev–Trinajstić information content (AvgIpc) is 3.57. The van der Waals surface area contributed by atoms with Crippen LogP contribution in [0.25, 0.3) is 0 Å². The Balaban J connectivity index is 1.17. The van der Waals surface area contributed by atoms with Crippen LogP contribution in [-0.4, -0.2) is 70.1 Å². The van der Waals surface area contributed by atoms with Gasteiger partial charge in [0.2, 0.25) is 0 Å². The number of fused-ring (bicyclic) bond motifs is 1. The van der Waals surface area contributed by atoms with Gasteiger partial charge in [-0.2, -0.15) is 0 Å². The maximum atomic E-state index is 13.6. The summed E-state index contributed by atoms with van der Waals surface area (Å²) in [6.07, 6.45) is 0.802. The third kappa shape index (κ3) is 6.27. The van der Waals surface area contributed by atoms with Crippen molar-refractivity contribution in [3.63, 3.8) is 0 Å². The predicted molar refractivity (Wildman–Crippen MR) is 153 cm³/mol. The molecule has 1 unspecified atom stereocenters. The second-order valence-corrected chi connectivity index (χ2v) is 11.5. The summed E-state index contributed by atoms with van der Waals surface area (Å²) in [6.45, 7) is 5.89. The van der Waals surface area contributed by atoms with Gasteiger partial charge in [-0.05, 0) is 61.6 Å². The molecule has 0 bridgehead atoms. The first-order chi connectivity index (χ1) is 20.1. The minimum Gasteiger partial charge on any atom is -0.504 e. The molecule has 2 amide bonds. The molecule has 0 saturated carbocycles. The molecule has 2 aromatic carbocycles. The highest BCUT2D eigenvalue weighted by molar-refractivity contribution is 6.23. The van der Waals surface area contributed by atoms with E-state index in [0.717, 1.165) is 16.7 Å². The van der Waals surface area contributed by atoms with Crippen molar-refractivity contribution in [3.8, 4) is 11.5 Å². The fourth-order valence-electron chi connectivity index (χ4n) is 5.35. The van der Waals surface area contributed by atoms with Crippen molar-refractivity contribution in [3.05, 3.63) is 80.8 Å². The number of phenols is 1. The zero-order valence-electron chi connectivity index (χ0n) is 23.9. The van der Waals surface area contributed by atoms with Crippen molar-refractivity contribution in [2.45, 2.75) is 51.4 Å². The minimum absolute atomic E-state index is 0.0787. The van der Waals surface area contributed by atoms with Crippen LogP contribution in [0.1, 0.15) is 51.9 Å². The van der Waals surface area contributed by atoms with E-state index in [0.29, 0.717) is 63.4 Å². The highest BCUT2D eigenvalue weighted by atomic mass is 35.5. The van der Waals surface area contributed by atoms with E-state index in [2.05, 4.69) is 4.90 Å². The molecule has 1 aromatic heterocycles. The van der Waals surface area contributed by atoms with Gasteiger partial charge in [0.25, 0.3) is 5.91 Å². The monoisotopic (exact) mass is 599 g/mol. The lowest BCUT2D eigenvalue weighted by Crippen LogP contribution is -2.50. The highest BCUT2D eigenvalue weighted by Crippen LogP contribution is 2.37. The third-order valence-corrected chi connectivity index (χ3v) is 8.40. The number of amides is 2. The molecule has 1 fully saturated rings. The van der Waals surface area contributed by atoms with Crippen molar-refractivity contribution < 1.29 is 33.0 Å². The summed E-state index contributed by atoms with van der Waals surface area (Å²) in [4.78, 5) is 42.1. The van der Waals surface area contributed by atoms with Gasteiger partial charge in [0, 0.05) is 44.8 Å². The number of carbonyl (C=O) groups excluding carboxylic acids is 2. The number of aryl methyl sites for hydroxylation is 2. The first kappa shape index (κ1) is 29.5. The van der Waals surface area contributed by atoms with E-state index in [1.807, 2.05) is 37.3 Å². The standard InChI is InChI=1S/C30H34ClN3O8/c1-19-26(42-29(38)41-19)18-40-28(37)33-13-11-32(12-14-33)27(36)22-6-4-5-21-16-34(17-23(21)22)30(2,31)10-9-20-7-8-24(35)25(15-20)39-3/h4-8,15,35H,9-14,16-18H2,1-3H3. The molecule has 12 heteroatoms. The fourth-order valence-corrected chi connectivity index (χ4v) is 5.56. The number of phenolic OH excluding ortho intramolecular Hbond substituents is 1. The summed E-state index contributed by atoms with van der Waals surface area (Å²) in [5.41, 5.74) is 3.70. The number of carbonyl (C=O) groups is 2. The van der Waals surface area contributed by atoms with Crippen LogP contribution in [0, 0.1) is 6.92 Å². The number of piperazine rings is 1. The third-order valence-electron chi connectivity index (χ3n) is 7.97. The van der Waals surface area contributed by atoms with Gasteiger partial charge in [-0.3, -0.25) is 9.69 Å². The van der Waals surface area contributed by atoms with Gasteiger partial charge in [0.15, 0.2) is 29.6 Å². The molecule has 2 aliphatic rings. The number of methoxy groups -OCH3 is 1. The number of alkyl halides is 1. The molecular formula is C30H34ClN3O8. The second kappa shape index (κ2) is 12.1. The van der Waals surface area contributed by atoms with Crippen LogP contribution in [-0.2, 0) is 30.9 Å². The quantitative estimate of drug-likeness (QED) is 0.299. The minimum atomic E-state index is -0.841. The Hall–Kier alpha value is -3.96. The van der Waals surface area contributed by atoms with E-state index in [4.69, 9.17) is 29.9 Å². The molecule has 2 aliphatic heterocycles. The zero-order valence-corrected chi connectivity index (χ0v) is 24.6. The number of hydrogen-bond donors (Lipinski definition) is 1. The molecular weight excluding hydrogens is 566 g/mol. The Kier molecular flexibility index (Phi) is 8.51. The molecule has 1 atom stereocenters. The van der Waals surface area contributed by atoms with E-state index < -0.39 is 16.9 Å². The molecule has 0 aliphatic carbocycles. The number of halogens is 1. The molecule has 5 rings (SSSR count). The summed E-state index contributed by atoms with van der Waals surface area (Å²) in [5, 5.41) is 9.88. The zero-order chi connectivity index (χ0) is 30.0. The lowest BCUT2D eigenvalue weighted by molar-refractivity contribution is 0.0524. The van der Waals surface area contributed by atoms with Crippen molar-refractivity contribution in [2.75, 3.05) is 33.3 Å². The van der Waals surface area contributed by atoms with Crippen molar-refractivity contribution in [1.82, 2.24) is 14.7 Å².